The Labute approximate surface area is 70.9 Å². The lowest BCUT2D eigenvalue weighted by Crippen LogP contribution is -1.67. The monoisotopic (exact) mass is 171 g/mol. The normalized spacial score (nSPS) is 9.20. The number of aliphatic imine (C=N–C) groups is 1. The summed E-state index contributed by atoms with van der Waals surface area (Å²) in [6.45, 7) is 4.22. The lowest BCUT2D eigenvalue weighted by molar-refractivity contribution is 1.27. The van der Waals surface area contributed by atoms with Crippen molar-refractivity contribution in [3.8, 4) is 0 Å². The van der Waals surface area contributed by atoms with Crippen molar-refractivity contribution in [3.05, 3.63) is 24.1 Å². The Morgan fingerprint density at radius 2 is 2.50 bits per heavy atom. The van der Waals surface area contributed by atoms with E-state index in [1.54, 1.807) is 11.8 Å². The summed E-state index contributed by atoms with van der Waals surface area (Å²) in [6, 6.07) is 0. The Kier molecular flexibility index (Phi) is 8.31. The molecule has 0 rings (SSSR count). The molecule has 0 aromatic carbocycles. The van der Waals surface area contributed by atoms with Crippen LogP contribution < -0.4 is 0 Å². The van der Waals surface area contributed by atoms with Crippen LogP contribution in [-0.2, 0) is 0 Å². The molecule has 0 aliphatic carbocycles. The molecule has 0 heterocycles. The minimum absolute atomic E-state index is 0.633. The summed E-state index contributed by atoms with van der Waals surface area (Å²) in [5.41, 5.74) is 0. The highest BCUT2D eigenvalue weighted by Gasteiger charge is 1.72. The van der Waals surface area contributed by atoms with Gasteiger partial charge in [0, 0.05) is 5.75 Å². The maximum Gasteiger partial charge on any atom is 0.0681 e. The van der Waals surface area contributed by atoms with E-state index in [1.165, 1.54) is 0 Å². The predicted octanol–water partition coefficient (Wildman–Crippen LogP) is 2.52. The van der Waals surface area contributed by atoms with Gasteiger partial charge in [-0.25, -0.2) is 4.99 Å². The van der Waals surface area contributed by atoms with Gasteiger partial charge >= 0.3 is 0 Å². The number of rotatable bonds is 5. The highest BCUT2D eigenvalue weighted by atomic mass is 32.2. The van der Waals surface area contributed by atoms with E-state index in [2.05, 4.69) is 29.0 Å². The summed E-state index contributed by atoms with van der Waals surface area (Å²) in [4.78, 5) is 3.71. The molecule has 0 N–H and O–H groups in total. The lowest BCUT2D eigenvalue weighted by atomic mass is 10.7. The van der Waals surface area contributed by atoms with E-state index in [1.807, 2.05) is 17.6 Å². The van der Waals surface area contributed by atoms with Crippen LogP contribution in [0, 0.1) is 0 Å². The van der Waals surface area contributed by atoms with Crippen LogP contribution in [0.25, 0.3) is 0 Å². The largest absolute Gasteiger partial charge is 0.228 e. The second-order valence-electron chi connectivity index (χ2n) is 1.43. The van der Waals surface area contributed by atoms with Gasteiger partial charge in [0.05, 0.1) is 11.7 Å². The van der Waals surface area contributed by atoms with Crippen LogP contribution in [0.3, 0.4) is 0 Å². The zero-order chi connectivity index (χ0) is 7.66. The number of hydrogen-bond acceptors (Lipinski definition) is 3. The van der Waals surface area contributed by atoms with Crippen molar-refractivity contribution < 1.29 is 0 Å². The first-order valence-corrected chi connectivity index (χ1v) is 4.28. The van der Waals surface area contributed by atoms with Gasteiger partial charge in [0.25, 0.3) is 0 Å². The molecule has 10 heavy (non-hydrogen) atoms. The van der Waals surface area contributed by atoms with Crippen molar-refractivity contribution in [1.82, 2.24) is 0 Å². The first-order valence-electron chi connectivity index (χ1n) is 2.83. The molecule has 3 heteroatoms. The molecule has 0 aliphatic heterocycles. The maximum absolute atomic E-state index is 4.38. The fourth-order valence-electron chi connectivity index (χ4n) is 0.325. The van der Waals surface area contributed by atoms with Gasteiger partial charge in [0.15, 0.2) is 0 Å². The van der Waals surface area contributed by atoms with Crippen LogP contribution in [0.4, 0.5) is 0 Å². The zero-order valence-electron chi connectivity index (χ0n) is 5.62. The van der Waals surface area contributed by atoms with Gasteiger partial charge in [-0.15, -0.1) is 18.3 Å². The number of nitrogens with zero attached hydrogens (tertiary/aromatic N) is 1. The third-order valence-electron chi connectivity index (χ3n) is 0.668. The molecule has 0 aliphatic rings. The molecule has 0 saturated carbocycles. The van der Waals surface area contributed by atoms with E-state index in [9.17, 15) is 0 Å². The summed E-state index contributed by atoms with van der Waals surface area (Å²) in [5.74, 6) is 0.942. The Hall–Kier alpha value is -0.370. The van der Waals surface area contributed by atoms with Crippen molar-refractivity contribution in [2.24, 2.45) is 4.99 Å². The Balaban J connectivity index is 3.19. The van der Waals surface area contributed by atoms with Crippen LogP contribution in [0.15, 0.2) is 29.1 Å². The highest BCUT2D eigenvalue weighted by Crippen LogP contribution is 2.00. The standard InChI is InChI=1S/C7H9NS2/c1-2-5-10-6-3-4-8-7-9/h2-3,6H,1,4-5H2. The van der Waals surface area contributed by atoms with E-state index in [0.29, 0.717) is 6.54 Å². The van der Waals surface area contributed by atoms with Crippen molar-refractivity contribution in [1.29, 1.82) is 0 Å². The quantitative estimate of drug-likeness (QED) is 0.273. The molecule has 0 saturated heterocycles. The van der Waals surface area contributed by atoms with Gasteiger partial charge in [-0.05, 0) is 17.6 Å². The lowest BCUT2D eigenvalue weighted by Gasteiger charge is -1.82. The minimum Gasteiger partial charge on any atom is -0.228 e. The Morgan fingerprint density at radius 1 is 1.70 bits per heavy atom. The van der Waals surface area contributed by atoms with Gasteiger partial charge in [-0.1, -0.05) is 12.2 Å². The molecule has 54 valence electrons. The van der Waals surface area contributed by atoms with E-state index < -0.39 is 0 Å². The summed E-state index contributed by atoms with van der Waals surface area (Å²) >= 11 is 6.06. The number of isothiocyanates is 1. The van der Waals surface area contributed by atoms with Crippen molar-refractivity contribution in [3.63, 3.8) is 0 Å². The maximum atomic E-state index is 4.38. The smallest absolute Gasteiger partial charge is 0.0681 e. The van der Waals surface area contributed by atoms with Crippen LogP contribution in [0.5, 0.6) is 0 Å². The third-order valence-corrected chi connectivity index (χ3v) is 1.61. The van der Waals surface area contributed by atoms with Crippen LogP contribution >= 0.6 is 24.0 Å². The number of thioether (sulfide) groups is 1. The van der Waals surface area contributed by atoms with Gasteiger partial charge in [-0.3, -0.25) is 0 Å². The molecule has 0 unspecified atom stereocenters. The third kappa shape index (κ3) is 7.63. The molecule has 0 atom stereocenters. The molecular weight excluding hydrogens is 162 g/mol. The van der Waals surface area contributed by atoms with Crippen LogP contribution in [-0.4, -0.2) is 17.5 Å². The van der Waals surface area contributed by atoms with E-state index >= 15 is 0 Å². The zero-order valence-corrected chi connectivity index (χ0v) is 7.25. The summed E-state index contributed by atoms with van der Waals surface area (Å²) in [7, 11) is 0. The highest BCUT2D eigenvalue weighted by molar-refractivity contribution is 8.02. The molecule has 0 spiro atoms. The predicted molar refractivity (Wildman–Crippen MR) is 51.7 cm³/mol. The fourth-order valence-corrected chi connectivity index (χ4v) is 0.869. The second kappa shape index (κ2) is 8.63. The van der Waals surface area contributed by atoms with Gasteiger partial charge in [0.1, 0.15) is 0 Å². The van der Waals surface area contributed by atoms with Crippen molar-refractivity contribution >= 4 is 29.1 Å². The molecule has 0 aromatic heterocycles. The van der Waals surface area contributed by atoms with Gasteiger partial charge < -0.3 is 0 Å². The molecular formula is C7H9NS2. The molecule has 0 aromatic rings. The Bertz CT molecular complexity index is 157. The summed E-state index contributed by atoms with van der Waals surface area (Å²) in [6.07, 6.45) is 3.80. The van der Waals surface area contributed by atoms with Gasteiger partial charge in [0.2, 0.25) is 0 Å². The number of thiocarbonyl (C=S) groups is 1. The Morgan fingerprint density at radius 3 is 3.10 bits per heavy atom. The van der Waals surface area contributed by atoms with Crippen LogP contribution in [0.2, 0.25) is 0 Å². The number of hydrogen-bond donors (Lipinski definition) is 0. The first kappa shape index (κ1) is 9.63. The average Bonchev–Trinajstić information content (AvgIpc) is 1.97. The fraction of sp³-hybridized carbons (Fsp3) is 0.286. The molecule has 1 nitrogen and oxygen atoms in total. The molecule has 0 bridgehead atoms. The molecule has 0 radical (unpaired) electrons. The first-order chi connectivity index (χ1) is 4.91. The van der Waals surface area contributed by atoms with Gasteiger partial charge in [-0.2, -0.15) is 0 Å². The molecule has 0 fully saturated rings. The summed E-state index contributed by atoms with van der Waals surface area (Å²) < 4.78 is 0. The van der Waals surface area contributed by atoms with E-state index in [-0.39, 0.29) is 0 Å². The van der Waals surface area contributed by atoms with E-state index in [0.717, 1.165) is 5.75 Å². The van der Waals surface area contributed by atoms with Crippen molar-refractivity contribution in [2.75, 3.05) is 12.3 Å². The summed E-state index contributed by atoms with van der Waals surface area (Å²) in [5, 5.41) is 4.27. The van der Waals surface area contributed by atoms with Crippen molar-refractivity contribution in [2.45, 2.75) is 0 Å². The SMILES string of the molecule is C=CCSC=CCN=C=S. The average molecular weight is 171 g/mol. The minimum atomic E-state index is 0.633. The second-order valence-corrected chi connectivity index (χ2v) is 2.55. The van der Waals surface area contributed by atoms with E-state index in [4.69, 9.17) is 0 Å². The molecule has 0 amide bonds. The topological polar surface area (TPSA) is 12.4 Å². The van der Waals surface area contributed by atoms with Crippen LogP contribution in [0.1, 0.15) is 0 Å².